The number of nitrogens with zero attached hydrogens (tertiary/aromatic N) is 2. The Morgan fingerprint density at radius 3 is 2.36 bits per heavy atom. The van der Waals surface area contributed by atoms with E-state index in [4.69, 9.17) is 10.7 Å². The Kier molecular flexibility index (Phi) is 6.84. The van der Waals surface area contributed by atoms with Crippen molar-refractivity contribution in [3.63, 3.8) is 0 Å². The standard InChI is InChI=1S/C31H24N4O4/c1-18-24-14-25(20-5-3-2-4-6-20)29(35-26(24)15-27(34-18)30(32)38)21-9-7-19(8-10-21)16-33-31(39)22-11-12-28(37)23(13-22)17-36/h2-15,17,37H,16H2,1H3,(H2,32,38)(H,33,39). The van der Waals surface area contributed by atoms with Gasteiger partial charge in [0.15, 0.2) is 6.29 Å². The lowest BCUT2D eigenvalue weighted by Gasteiger charge is -2.14. The van der Waals surface area contributed by atoms with Crippen LogP contribution in [0.15, 0.2) is 84.9 Å². The molecule has 0 spiro atoms. The maximum Gasteiger partial charge on any atom is 0.267 e. The monoisotopic (exact) mass is 516 g/mol. The fourth-order valence-electron chi connectivity index (χ4n) is 4.37. The molecular weight excluding hydrogens is 492 g/mol. The van der Waals surface area contributed by atoms with Crippen LogP contribution in [-0.4, -0.2) is 33.2 Å². The van der Waals surface area contributed by atoms with Gasteiger partial charge in [0, 0.05) is 34.3 Å². The summed E-state index contributed by atoms with van der Waals surface area (Å²) < 4.78 is 0. The molecule has 39 heavy (non-hydrogen) atoms. The first kappa shape index (κ1) is 25.3. The van der Waals surface area contributed by atoms with Crippen molar-refractivity contribution in [3.8, 4) is 28.1 Å². The molecule has 0 fully saturated rings. The minimum atomic E-state index is -0.614. The lowest BCUT2D eigenvalue weighted by molar-refractivity contribution is 0.0949. The number of aldehydes is 1. The third-order valence-electron chi connectivity index (χ3n) is 6.44. The number of nitrogens with two attached hydrogens (primary N) is 1. The fourth-order valence-corrected chi connectivity index (χ4v) is 4.37. The molecule has 0 radical (unpaired) electrons. The average molecular weight is 517 g/mol. The van der Waals surface area contributed by atoms with E-state index < -0.39 is 5.91 Å². The van der Waals surface area contributed by atoms with Gasteiger partial charge in [0.25, 0.3) is 11.8 Å². The molecule has 2 aromatic heterocycles. The van der Waals surface area contributed by atoms with Gasteiger partial charge < -0.3 is 16.2 Å². The summed E-state index contributed by atoms with van der Waals surface area (Å²) in [5.41, 5.74) is 11.6. The molecule has 0 aliphatic carbocycles. The molecule has 0 aliphatic rings. The summed E-state index contributed by atoms with van der Waals surface area (Å²) in [6.07, 6.45) is 0.502. The van der Waals surface area contributed by atoms with Crippen molar-refractivity contribution in [1.29, 1.82) is 0 Å². The Bertz CT molecular complexity index is 1730. The van der Waals surface area contributed by atoms with Gasteiger partial charge in [-0.05, 0) is 48.4 Å². The number of primary amides is 1. The van der Waals surface area contributed by atoms with Crippen molar-refractivity contribution >= 4 is 29.0 Å². The molecule has 8 nitrogen and oxygen atoms in total. The van der Waals surface area contributed by atoms with Crippen molar-refractivity contribution in [2.45, 2.75) is 13.5 Å². The van der Waals surface area contributed by atoms with E-state index in [1.807, 2.05) is 67.6 Å². The van der Waals surface area contributed by atoms with Crippen LogP contribution in [-0.2, 0) is 6.54 Å². The average Bonchev–Trinajstić information content (AvgIpc) is 2.96. The Morgan fingerprint density at radius 2 is 1.67 bits per heavy atom. The van der Waals surface area contributed by atoms with Crippen LogP contribution in [0.3, 0.4) is 0 Å². The Labute approximate surface area is 224 Å². The zero-order valence-corrected chi connectivity index (χ0v) is 21.0. The topological polar surface area (TPSA) is 135 Å². The van der Waals surface area contributed by atoms with E-state index in [2.05, 4.69) is 10.3 Å². The number of hydrogen-bond acceptors (Lipinski definition) is 6. The van der Waals surface area contributed by atoms with Gasteiger partial charge in [-0.15, -0.1) is 0 Å². The van der Waals surface area contributed by atoms with E-state index in [1.165, 1.54) is 18.2 Å². The summed E-state index contributed by atoms with van der Waals surface area (Å²) in [5, 5.41) is 13.3. The molecule has 4 N–H and O–H groups in total. The Morgan fingerprint density at radius 1 is 0.923 bits per heavy atom. The SMILES string of the molecule is Cc1nc(C(N)=O)cc2nc(-c3ccc(CNC(=O)c4ccc(O)c(C=O)c4)cc3)c(-c3ccccc3)cc12. The second-order valence-corrected chi connectivity index (χ2v) is 9.05. The van der Waals surface area contributed by atoms with E-state index in [9.17, 15) is 19.5 Å². The van der Waals surface area contributed by atoms with E-state index in [0.29, 0.717) is 17.5 Å². The third-order valence-corrected chi connectivity index (χ3v) is 6.44. The fraction of sp³-hybridized carbons (Fsp3) is 0.0645. The van der Waals surface area contributed by atoms with Gasteiger partial charge in [0.05, 0.1) is 16.8 Å². The van der Waals surface area contributed by atoms with Crippen molar-refractivity contribution in [1.82, 2.24) is 15.3 Å². The van der Waals surface area contributed by atoms with Crippen LogP contribution in [0.25, 0.3) is 33.3 Å². The number of pyridine rings is 2. The smallest absolute Gasteiger partial charge is 0.267 e. The molecule has 2 heterocycles. The lowest BCUT2D eigenvalue weighted by atomic mass is 9.96. The highest BCUT2D eigenvalue weighted by Gasteiger charge is 2.16. The summed E-state index contributed by atoms with van der Waals surface area (Å²) in [6.45, 7) is 2.09. The number of aromatic hydroxyl groups is 1. The molecule has 0 aliphatic heterocycles. The van der Waals surface area contributed by atoms with Gasteiger partial charge in [-0.25, -0.2) is 9.97 Å². The van der Waals surface area contributed by atoms with Crippen molar-refractivity contribution < 1.29 is 19.5 Å². The van der Waals surface area contributed by atoms with Gasteiger partial charge in [0.2, 0.25) is 0 Å². The number of rotatable bonds is 7. The molecule has 0 unspecified atom stereocenters. The summed E-state index contributed by atoms with van der Waals surface area (Å²) in [7, 11) is 0. The molecule has 8 heteroatoms. The van der Waals surface area contributed by atoms with Gasteiger partial charge in [-0.1, -0.05) is 54.6 Å². The number of nitrogens with one attached hydrogen (secondary N) is 1. The number of hydrogen-bond donors (Lipinski definition) is 3. The molecule has 0 bridgehead atoms. The highest BCUT2D eigenvalue weighted by Crippen LogP contribution is 2.34. The van der Waals surface area contributed by atoms with Crippen LogP contribution in [0, 0.1) is 6.92 Å². The van der Waals surface area contributed by atoms with Crippen molar-refractivity contribution in [2.75, 3.05) is 0 Å². The highest BCUT2D eigenvalue weighted by molar-refractivity contribution is 5.98. The van der Waals surface area contributed by atoms with Crippen LogP contribution in [0.5, 0.6) is 5.75 Å². The Balaban J connectivity index is 1.47. The molecule has 192 valence electrons. The minimum absolute atomic E-state index is 0.0537. The normalized spacial score (nSPS) is 10.8. The van der Waals surface area contributed by atoms with E-state index in [1.54, 1.807) is 6.07 Å². The summed E-state index contributed by atoms with van der Waals surface area (Å²) in [4.78, 5) is 44.7. The van der Waals surface area contributed by atoms with Gasteiger partial charge in [0.1, 0.15) is 11.4 Å². The van der Waals surface area contributed by atoms with E-state index in [-0.39, 0.29) is 35.0 Å². The van der Waals surface area contributed by atoms with Crippen molar-refractivity contribution in [2.24, 2.45) is 5.73 Å². The molecule has 2 amide bonds. The highest BCUT2D eigenvalue weighted by atomic mass is 16.3. The minimum Gasteiger partial charge on any atom is -0.507 e. The maximum absolute atomic E-state index is 12.6. The largest absolute Gasteiger partial charge is 0.507 e. The molecule has 3 aromatic carbocycles. The van der Waals surface area contributed by atoms with Gasteiger partial charge >= 0.3 is 0 Å². The number of phenolic OH excluding ortho intramolecular Hbond substituents is 1. The first-order valence-electron chi connectivity index (χ1n) is 12.2. The molecule has 5 rings (SSSR count). The van der Waals surface area contributed by atoms with Gasteiger partial charge in [-0.2, -0.15) is 0 Å². The predicted octanol–water partition coefficient (Wildman–Crippen LogP) is 4.82. The van der Waals surface area contributed by atoms with E-state index >= 15 is 0 Å². The zero-order valence-electron chi connectivity index (χ0n) is 21.0. The summed E-state index contributed by atoms with van der Waals surface area (Å²) in [6, 6.07) is 25.3. The number of amides is 2. The number of carbonyl (C=O) groups is 3. The molecule has 0 saturated carbocycles. The van der Waals surface area contributed by atoms with Crippen LogP contribution < -0.4 is 11.1 Å². The number of carbonyl (C=O) groups excluding carboxylic acids is 3. The van der Waals surface area contributed by atoms with Crippen LogP contribution >= 0.6 is 0 Å². The van der Waals surface area contributed by atoms with Crippen LogP contribution in [0.1, 0.15) is 42.5 Å². The predicted molar refractivity (Wildman–Crippen MR) is 148 cm³/mol. The quantitative estimate of drug-likeness (QED) is 0.266. The molecular formula is C31H24N4O4. The van der Waals surface area contributed by atoms with E-state index in [0.717, 1.165) is 33.3 Å². The van der Waals surface area contributed by atoms with Crippen LogP contribution in [0.2, 0.25) is 0 Å². The number of aryl methyl sites for hydroxylation is 1. The van der Waals surface area contributed by atoms with Crippen LogP contribution in [0.4, 0.5) is 0 Å². The number of phenols is 1. The van der Waals surface area contributed by atoms with Crippen molar-refractivity contribution in [3.05, 3.63) is 113 Å². The number of fused-ring (bicyclic) bond motifs is 1. The molecule has 5 aromatic rings. The molecule has 0 atom stereocenters. The second kappa shape index (κ2) is 10.5. The second-order valence-electron chi connectivity index (χ2n) is 9.05. The molecule has 0 saturated heterocycles. The van der Waals surface area contributed by atoms with Gasteiger partial charge in [-0.3, -0.25) is 14.4 Å². The third kappa shape index (κ3) is 5.21. The first-order valence-corrected chi connectivity index (χ1v) is 12.2. The summed E-state index contributed by atoms with van der Waals surface area (Å²) >= 11 is 0. The Hall–Kier alpha value is -5.37. The number of benzene rings is 3. The lowest BCUT2D eigenvalue weighted by Crippen LogP contribution is -2.22. The zero-order chi connectivity index (χ0) is 27.5. The maximum atomic E-state index is 12.6. The summed E-state index contributed by atoms with van der Waals surface area (Å²) in [5.74, 6) is -1.15. The number of aromatic nitrogens is 2. The first-order chi connectivity index (χ1) is 18.8.